The van der Waals surface area contributed by atoms with Crippen LogP contribution in [-0.2, 0) is 14.3 Å². The van der Waals surface area contributed by atoms with Gasteiger partial charge in [-0.1, -0.05) is 35.9 Å². The maximum Gasteiger partial charge on any atom is 0.234 e. The monoisotopic (exact) mass is 324 g/mol. The average Bonchev–Trinajstić information content (AvgIpc) is 3.17. The van der Waals surface area contributed by atoms with Crippen molar-refractivity contribution in [2.75, 3.05) is 4.90 Å². The van der Waals surface area contributed by atoms with Gasteiger partial charge in [0.05, 0.1) is 18.1 Å². The highest BCUT2D eigenvalue weighted by atomic mass is 16.5. The van der Waals surface area contributed by atoms with Gasteiger partial charge in [0.2, 0.25) is 5.91 Å². The molecule has 0 aromatic heterocycles. The van der Waals surface area contributed by atoms with Crippen LogP contribution in [0, 0.1) is 11.8 Å². The molecule has 1 spiro atoms. The molecular formula is C19H18NO4-. The highest BCUT2D eigenvalue weighted by Crippen LogP contribution is 2.56. The Balaban J connectivity index is 1.85. The molecule has 4 rings (SSSR count). The average molecular weight is 324 g/mol. The van der Waals surface area contributed by atoms with E-state index < -0.39 is 29.5 Å². The SMILES string of the molecule is C=C(C)C[C@H]1N(c2ccccc2)C(=O)[C@@H]2[C@@H](C(=O)[O-])[C@@H]3C=C[C@]21O3. The van der Waals surface area contributed by atoms with Crippen LogP contribution in [0.2, 0.25) is 0 Å². The molecule has 2 saturated heterocycles. The van der Waals surface area contributed by atoms with Gasteiger partial charge >= 0.3 is 0 Å². The molecule has 0 N–H and O–H groups in total. The van der Waals surface area contributed by atoms with E-state index in [1.807, 2.05) is 43.3 Å². The summed E-state index contributed by atoms with van der Waals surface area (Å²) in [6, 6.07) is 8.99. The highest BCUT2D eigenvalue weighted by Gasteiger charge is 2.69. The van der Waals surface area contributed by atoms with Crippen LogP contribution in [-0.4, -0.2) is 29.6 Å². The van der Waals surface area contributed by atoms with Crippen molar-refractivity contribution in [3.8, 4) is 0 Å². The third kappa shape index (κ3) is 1.85. The Kier molecular flexibility index (Phi) is 3.18. The zero-order chi connectivity index (χ0) is 17.1. The Hall–Kier alpha value is -2.40. The number of fused-ring (bicyclic) bond motifs is 1. The third-order valence-electron chi connectivity index (χ3n) is 5.27. The van der Waals surface area contributed by atoms with Crippen molar-refractivity contribution >= 4 is 17.6 Å². The number of carboxylic acid groups (broad SMARTS) is 1. The van der Waals surface area contributed by atoms with Crippen LogP contribution >= 0.6 is 0 Å². The number of amides is 1. The Morgan fingerprint density at radius 1 is 1.38 bits per heavy atom. The standard InChI is InChI=1S/C19H19NO4/c1-11(2)10-14-19-9-8-13(24-19)15(18(22)23)16(19)17(21)20(14)12-6-4-3-5-7-12/h3-9,13-16H,1,10H2,2H3,(H,22,23)/p-1/t13-,14+,15-,16-,19+/m0/s1. The number of aliphatic carboxylic acids is 1. The lowest BCUT2D eigenvalue weighted by atomic mass is 9.74. The lowest BCUT2D eigenvalue weighted by Crippen LogP contribution is -2.46. The second-order valence-electron chi connectivity index (χ2n) is 6.84. The fourth-order valence-corrected chi connectivity index (χ4v) is 4.40. The number of benzene rings is 1. The second kappa shape index (κ2) is 5.05. The van der Waals surface area contributed by atoms with Gasteiger partial charge in [-0.05, 0) is 25.5 Å². The lowest BCUT2D eigenvalue weighted by molar-refractivity contribution is -0.313. The fraction of sp³-hybridized carbons (Fsp3) is 0.368. The molecule has 2 fully saturated rings. The first-order valence-corrected chi connectivity index (χ1v) is 8.06. The summed E-state index contributed by atoms with van der Waals surface area (Å²) in [4.78, 5) is 26.5. The van der Waals surface area contributed by atoms with E-state index in [2.05, 4.69) is 6.58 Å². The lowest BCUT2D eigenvalue weighted by Gasteiger charge is -2.33. The number of nitrogens with zero attached hydrogens (tertiary/aromatic N) is 1. The van der Waals surface area contributed by atoms with Crippen LogP contribution in [0.4, 0.5) is 5.69 Å². The molecule has 3 heterocycles. The Morgan fingerprint density at radius 2 is 2.08 bits per heavy atom. The smallest absolute Gasteiger partial charge is 0.234 e. The van der Waals surface area contributed by atoms with Crippen molar-refractivity contribution < 1.29 is 19.4 Å². The molecule has 0 radical (unpaired) electrons. The topological polar surface area (TPSA) is 69.7 Å². The molecule has 24 heavy (non-hydrogen) atoms. The van der Waals surface area contributed by atoms with Gasteiger partial charge in [-0.3, -0.25) is 4.79 Å². The summed E-state index contributed by atoms with van der Waals surface area (Å²) in [5.41, 5.74) is 0.748. The van der Waals surface area contributed by atoms with Gasteiger partial charge < -0.3 is 19.5 Å². The van der Waals surface area contributed by atoms with Crippen LogP contribution in [0.5, 0.6) is 0 Å². The number of carbonyl (C=O) groups excluding carboxylic acids is 2. The molecule has 0 unspecified atom stereocenters. The second-order valence-corrected chi connectivity index (χ2v) is 6.84. The quantitative estimate of drug-likeness (QED) is 0.777. The molecule has 1 aromatic rings. The molecule has 5 nitrogen and oxygen atoms in total. The van der Waals surface area contributed by atoms with Gasteiger partial charge in [-0.2, -0.15) is 0 Å². The molecule has 0 saturated carbocycles. The maximum atomic E-state index is 13.2. The number of rotatable bonds is 4. The van der Waals surface area contributed by atoms with Crippen LogP contribution in [0.1, 0.15) is 13.3 Å². The number of carboxylic acids is 1. The number of anilines is 1. The van der Waals surface area contributed by atoms with Crippen molar-refractivity contribution in [2.24, 2.45) is 11.8 Å². The largest absolute Gasteiger partial charge is 0.550 e. The fourth-order valence-electron chi connectivity index (χ4n) is 4.40. The normalized spacial score (nSPS) is 36.2. The number of hydrogen-bond acceptors (Lipinski definition) is 4. The maximum absolute atomic E-state index is 13.2. The van der Waals surface area contributed by atoms with Crippen molar-refractivity contribution in [3.05, 3.63) is 54.6 Å². The molecule has 2 bridgehead atoms. The molecule has 1 aromatic carbocycles. The van der Waals surface area contributed by atoms with E-state index in [4.69, 9.17) is 4.74 Å². The van der Waals surface area contributed by atoms with Gasteiger partial charge in [0, 0.05) is 17.6 Å². The van der Waals surface area contributed by atoms with Crippen molar-refractivity contribution in [1.29, 1.82) is 0 Å². The minimum absolute atomic E-state index is 0.214. The van der Waals surface area contributed by atoms with Crippen molar-refractivity contribution in [3.63, 3.8) is 0 Å². The van der Waals surface area contributed by atoms with Crippen LogP contribution in [0.3, 0.4) is 0 Å². The van der Waals surface area contributed by atoms with Crippen molar-refractivity contribution in [1.82, 2.24) is 0 Å². The first-order valence-electron chi connectivity index (χ1n) is 8.06. The van der Waals surface area contributed by atoms with Gasteiger partial charge in [0.15, 0.2) is 0 Å². The van der Waals surface area contributed by atoms with E-state index >= 15 is 0 Å². The summed E-state index contributed by atoms with van der Waals surface area (Å²) >= 11 is 0. The van der Waals surface area contributed by atoms with Gasteiger partial charge in [-0.25, -0.2) is 0 Å². The molecule has 5 heteroatoms. The van der Waals surface area contributed by atoms with E-state index in [1.165, 1.54) is 0 Å². The van der Waals surface area contributed by atoms with Gasteiger partial charge in [0.1, 0.15) is 5.60 Å². The summed E-state index contributed by atoms with van der Waals surface area (Å²) in [6.45, 7) is 5.87. The zero-order valence-electron chi connectivity index (χ0n) is 13.3. The van der Waals surface area contributed by atoms with Gasteiger partial charge in [0.25, 0.3) is 0 Å². The summed E-state index contributed by atoms with van der Waals surface area (Å²) in [6.07, 6.45) is 3.59. The molecular weight excluding hydrogens is 306 g/mol. The molecule has 3 aliphatic heterocycles. The minimum Gasteiger partial charge on any atom is -0.550 e. The predicted molar refractivity (Wildman–Crippen MR) is 85.9 cm³/mol. The summed E-state index contributed by atoms with van der Waals surface area (Å²) < 4.78 is 6.06. The number of hydrogen-bond donors (Lipinski definition) is 0. The van der Waals surface area contributed by atoms with E-state index in [0.29, 0.717) is 6.42 Å². The highest BCUT2D eigenvalue weighted by molar-refractivity contribution is 6.03. The molecule has 124 valence electrons. The molecule has 0 aliphatic carbocycles. The van der Waals surface area contributed by atoms with Gasteiger partial charge in [-0.15, -0.1) is 6.58 Å². The molecule has 1 amide bonds. The number of ether oxygens (including phenoxy) is 1. The van der Waals surface area contributed by atoms with Crippen LogP contribution < -0.4 is 10.0 Å². The van der Waals surface area contributed by atoms with Crippen LogP contribution in [0.25, 0.3) is 0 Å². The van der Waals surface area contributed by atoms with Crippen LogP contribution in [0.15, 0.2) is 54.6 Å². The summed E-state index contributed by atoms with van der Waals surface area (Å²) in [5.74, 6) is -3.13. The van der Waals surface area contributed by atoms with E-state index in [1.54, 1.807) is 11.0 Å². The summed E-state index contributed by atoms with van der Waals surface area (Å²) in [5, 5.41) is 11.6. The van der Waals surface area contributed by atoms with E-state index in [0.717, 1.165) is 11.3 Å². The van der Waals surface area contributed by atoms with E-state index in [9.17, 15) is 14.7 Å². The Bertz CT molecular complexity index is 756. The third-order valence-corrected chi connectivity index (χ3v) is 5.27. The van der Waals surface area contributed by atoms with E-state index in [-0.39, 0.29) is 11.9 Å². The Morgan fingerprint density at radius 3 is 2.71 bits per heavy atom. The first-order chi connectivity index (χ1) is 11.5. The molecule has 3 aliphatic rings. The predicted octanol–water partition coefficient (Wildman–Crippen LogP) is 1.06. The zero-order valence-corrected chi connectivity index (χ0v) is 13.3. The Labute approximate surface area is 140 Å². The first kappa shape index (κ1) is 15.1. The number of para-hydroxylation sites is 1. The minimum atomic E-state index is -1.23. The number of carbonyl (C=O) groups is 2. The summed E-state index contributed by atoms with van der Waals surface area (Å²) in [7, 11) is 0. The molecule has 5 atom stereocenters. The van der Waals surface area contributed by atoms with Crippen molar-refractivity contribution in [2.45, 2.75) is 31.1 Å².